The first kappa shape index (κ1) is 13.4. The Bertz CT molecular complexity index is 507. The van der Waals surface area contributed by atoms with Crippen LogP contribution in [-0.4, -0.2) is 17.0 Å². The summed E-state index contributed by atoms with van der Waals surface area (Å²) in [6.07, 6.45) is -5.77. The van der Waals surface area contributed by atoms with E-state index in [1.54, 1.807) is 0 Å². The molecule has 0 aliphatic carbocycles. The second-order valence-corrected chi connectivity index (χ2v) is 4.18. The fourth-order valence-corrected chi connectivity index (χ4v) is 1.94. The van der Waals surface area contributed by atoms with Gasteiger partial charge in [-0.3, -0.25) is 9.59 Å². The van der Waals surface area contributed by atoms with Gasteiger partial charge in [-0.2, -0.15) is 13.2 Å². The van der Waals surface area contributed by atoms with Crippen molar-refractivity contribution in [2.75, 3.05) is 0 Å². The zero-order valence-corrected chi connectivity index (χ0v) is 9.48. The lowest BCUT2D eigenvalue weighted by atomic mass is 9.95. The van der Waals surface area contributed by atoms with Gasteiger partial charge in [-0.05, 0) is 17.7 Å². The third kappa shape index (κ3) is 2.69. The normalized spacial score (nSPS) is 23.2. The molecule has 1 fully saturated rings. The van der Waals surface area contributed by atoms with Crippen LogP contribution in [0.5, 0.6) is 0 Å². The summed E-state index contributed by atoms with van der Waals surface area (Å²) in [6, 6.07) is 3.92. The lowest BCUT2D eigenvalue weighted by Crippen LogP contribution is -2.17. The number of alkyl halides is 3. The van der Waals surface area contributed by atoms with Crippen LogP contribution < -0.4 is 0 Å². The van der Waals surface area contributed by atoms with Gasteiger partial charge in [0, 0.05) is 0 Å². The SMILES string of the molecule is O=C1CC(C(=O)O)C(c2ccc(C(F)(F)F)cc2)O1. The van der Waals surface area contributed by atoms with Crippen molar-refractivity contribution in [1.82, 2.24) is 0 Å². The Morgan fingerprint density at radius 3 is 2.32 bits per heavy atom. The molecule has 1 aliphatic rings. The van der Waals surface area contributed by atoms with Gasteiger partial charge < -0.3 is 9.84 Å². The monoisotopic (exact) mass is 274 g/mol. The summed E-state index contributed by atoms with van der Waals surface area (Å²) in [6.45, 7) is 0. The first-order chi connectivity index (χ1) is 8.79. The molecule has 1 N–H and O–H groups in total. The van der Waals surface area contributed by atoms with Crippen LogP contribution in [-0.2, 0) is 20.5 Å². The predicted molar refractivity (Wildman–Crippen MR) is 56.0 cm³/mol. The van der Waals surface area contributed by atoms with E-state index in [2.05, 4.69) is 0 Å². The summed E-state index contributed by atoms with van der Waals surface area (Å²) in [7, 11) is 0. The smallest absolute Gasteiger partial charge is 0.416 e. The Morgan fingerprint density at radius 1 is 1.26 bits per heavy atom. The molecule has 102 valence electrons. The molecule has 0 bridgehead atoms. The molecule has 19 heavy (non-hydrogen) atoms. The van der Waals surface area contributed by atoms with Crippen LogP contribution in [0.25, 0.3) is 0 Å². The van der Waals surface area contributed by atoms with Crippen molar-refractivity contribution in [3.63, 3.8) is 0 Å². The van der Waals surface area contributed by atoms with Gasteiger partial charge in [0.2, 0.25) is 0 Å². The molecule has 0 saturated carbocycles. The molecule has 2 atom stereocenters. The molecule has 0 amide bonds. The van der Waals surface area contributed by atoms with Crippen molar-refractivity contribution in [2.24, 2.45) is 5.92 Å². The van der Waals surface area contributed by atoms with Gasteiger partial charge in [-0.25, -0.2) is 0 Å². The molecule has 4 nitrogen and oxygen atoms in total. The number of hydrogen-bond donors (Lipinski definition) is 1. The third-order valence-corrected chi connectivity index (χ3v) is 2.89. The molecular formula is C12H9F3O4. The van der Waals surface area contributed by atoms with Crippen LogP contribution in [0.3, 0.4) is 0 Å². The molecular weight excluding hydrogens is 265 g/mol. The molecule has 1 heterocycles. The van der Waals surface area contributed by atoms with Crippen molar-refractivity contribution >= 4 is 11.9 Å². The van der Waals surface area contributed by atoms with E-state index in [0.717, 1.165) is 24.3 Å². The van der Waals surface area contributed by atoms with Crippen LogP contribution >= 0.6 is 0 Å². The largest absolute Gasteiger partial charge is 0.481 e. The summed E-state index contributed by atoms with van der Waals surface area (Å²) in [5, 5.41) is 8.93. The van der Waals surface area contributed by atoms with Crippen LogP contribution in [0.1, 0.15) is 23.7 Å². The molecule has 0 aromatic heterocycles. The molecule has 1 aromatic rings. The molecule has 1 saturated heterocycles. The zero-order valence-electron chi connectivity index (χ0n) is 9.48. The van der Waals surface area contributed by atoms with Crippen LogP contribution in [0.2, 0.25) is 0 Å². The number of hydrogen-bond acceptors (Lipinski definition) is 3. The molecule has 7 heteroatoms. The van der Waals surface area contributed by atoms with Crippen molar-refractivity contribution in [3.8, 4) is 0 Å². The number of rotatable bonds is 2. The van der Waals surface area contributed by atoms with E-state index in [1.807, 2.05) is 0 Å². The van der Waals surface area contributed by atoms with Gasteiger partial charge in [0.1, 0.15) is 12.0 Å². The Balaban J connectivity index is 2.27. The Morgan fingerprint density at radius 2 is 1.84 bits per heavy atom. The number of halogens is 3. The summed E-state index contributed by atoms with van der Waals surface area (Å²) in [5.74, 6) is -2.95. The van der Waals surface area contributed by atoms with Crippen molar-refractivity contribution < 1.29 is 32.6 Å². The van der Waals surface area contributed by atoms with Crippen LogP contribution in [0.4, 0.5) is 13.2 Å². The minimum absolute atomic E-state index is 0.242. The van der Waals surface area contributed by atoms with Gasteiger partial charge in [-0.15, -0.1) is 0 Å². The molecule has 2 rings (SSSR count). The number of aliphatic carboxylic acids is 1. The van der Waals surface area contributed by atoms with Gasteiger partial charge in [0.25, 0.3) is 0 Å². The minimum atomic E-state index is -4.46. The van der Waals surface area contributed by atoms with Gasteiger partial charge in [0.05, 0.1) is 12.0 Å². The van der Waals surface area contributed by atoms with Crippen LogP contribution in [0, 0.1) is 5.92 Å². The summed E-state index contributed by atoms with van der Waals surface area (Å²) in [4.78, 5) is 22.0. The highest BCUT2D eigenvalue weighted by molar-refractivity contribution is 5.82. The average Bonchev–Trinajstić information content (AvgIpc) is 2.70. The summed E-state index contributed by atoms with van der Waals surface area (Å²) in [5.41, 5.74) is -0.598. The maximum absolute atomic E-state index is 12.4. The first-order valence-corrected chi connectivity index (χ1v) is 5.38. The summed E-state index contributed by atoms with van der Waals surface area (Å²) < 4.78 is 42.0. The maximum Gasteiger partial charge on any atom is 0.416 e. The average molecular weight is 274 g/mol. The van der Waals surface area contributed by atoms with E-state index in [1.165, 1.54) is 0 Å². The predicted octanol–water partition coefficient (Wildman–Crippen LogP) is 2.39. The lowest BCUT2D eigenvalue weighted by molar-refractivity contribution is -0.145. The van der Waals surface area contributed by atoms with Crippen molar-refractivity contribution in [2.45, 2.75) is 18.7 Å². The quantitative estimate of drug-likeness (QED) is 0.841. The highest BCUT2D eigenvalue weighted by Crippen LogP contribution is 2.37. The Hall–Kier alpha value is -2.05. The number of carbonyl (C=O) groups excluding carboxylic acids is 1. The number of carboxylic acids is 1. The zero-order chi connectivity index (χ0) is 14.2. The second kappa shape index (κ2) is 4.56. The molecule has 0 radical (unpaired) electrons. The number of cyclic esters (lactones) is 1. The number of carbonyl (C=O) groups is 2. The lowest BCUT2D eigenvalue weighted by Gasteiger charge is -2.15. The fraction of sp³-hybridized carbons (Fsp3) is 0.333. The molecule has 1 aromatic carbocycles. The van der Waals surface area contributed by atoms with Crippen molar-refractivity contribution in [1.29, 1.82) is 0 Å². The second-order valence-electron chi connectivity index (χ2n) is 4.18. The van der Waals surface area contributed by atoms with Crippen LogP contribution in [0.15, 0.2) is 24.3 Å². The molecule has 2 unspecified atom stereocenters. The number of esters is 1. The number of benzene rings is 1. The van der Waals surface area contributed by atoms with E-state index >= 15 is 0 Å². The summed E-state index contributed by atoms with van der Waals surface area (Å²) >= 11 is 0. The highest BCUT2D eigenvalue weighted by Gasteiger charge is 2.41. The van der Waals surface area contributed by atoms with E-state index < -0.39 is 35.7 Å². The van der Waals surface area contributed by atoms with E-state index in [9.17, 15) is 22.8 Å². The Kier molecular flexibility index (Phi) is 3.21. The standard InChI is InChI=1S/C12H9F3O4/c13-12(14,15)7-3-1-6(2-4-7)10-8(11(17)18)5-9(16)19-10/h1-4,8,10H,5H2,(H,17,18). The van der Waals surface area contributed by atoms with E-state index in [4.69, 9.17) is 9.84 Å². The van der Waals surface area contributed by atoms with Gasteiger partial charge >= 0.3 is 18.1 Å². The first-order valence-electron chi connectivity index (χ1n) is 5.38. The third-order valence-electron chi connectivity index (χ3n) is 2.89. The Labute approximate surface area is 105 Å². The fourth-order valence-electron chi connectivity index (χ4n) is 1.94. The van der Waals surface area contributed by atoms with E-state index in [-0.39, 0.29) is 12.0 Å². The topological polar surface area (TPSA) is 63.6 Å². The number of carboxylic acid groups (broad SMARTS) is 1. The van der Waals surface area contributed by atoms with Crippen molar-refractivity contribution in [3.05, 3.63) is 35.4 Å². The number of ether oxygens (including phenoxy) is 1. The molecule has 1 aliphatic heterocycles. The van der Waals surface area contributed by atoms with Gasteiger partial charge in [-0.1, -0.05) is 12.1 Å². The molecule has 0 spiro atoms. The van der Waals surface area contributed by atoms with E-state index in [0.29, 0.717) is 0 Å². The highest BCUT2D eigenvalue weighted by atomic mass is 19.4. The minimum Gasteiger partial charge on any atom is -0.481 e. The van der Waals surface area contributed by atoms with Gasteiger partial charge in [0.15, 0.2) is 0 Å². The maximum atomic E-state index is 12.4.